The van der Waals surface area contributed by atoms with E-state index in [1.54, 1.807) is 0 Å². The Morgan fingerprint density at radius 3 is 2.90 bits per heavy atom. The molecule has 1 atom stereocenters. The Hall–Kier alpha value is -0.790. The summed E-state index contributed by atoms with van der Waals surface area (Å²) >= 11 is 0. The molecule has 1 aliphatic heterocycles. The summed E-state index contributed by atoms with van der Waals surface area (Å²) in [6.45, 7) is 4.33. The minimum absolute atomic E-state index is 0.566. The van der Waals surface area contributed by atoms with E-state index in [1.165, 1.54) is 5.57 Å². The molecule has 2 nitrogen and oxygen atoms in total. The molecule has 0 saturated heterocycles. The van der Waals surface area contributed by atoms with Crippen molar-refractivity contribution in [1.82, 2.24) is 5.01 Å². The molecule has 0 fully saturated rings. The van der Waals surface area contributed by atoms with E-state index < -0.39 is 0 Å². The first-order valence-corrected chi connectivity index (χ1v) is 3.69. The van der Waals surface area contributed by atoms with Crippen molar-refractivity contribution in [2.75, 3.05) is 7.05 Å². The van der Waals surface area contributed by atoms with E-state index in [1.807, 2.05) is 18.3 Å². The predicted octanol–water partition coefficient (Wildman–Crippen LogP) is 1.85. The third-order valence-electron chi connectivity index (χ3n) is 1.84. The van der Waals surface area contributed by atoms with Crippen LogP contribution in [0.3, 0.4) is 0 Å². The first-order chi connectivity index (χ1) is 4.74. The Balaban J connectivity index is 2.66. The SMILES string of the molecule is CCC1C=NN(C)C=C1C. The Kier molecular flexibility index (Phi) is 2.10. The molecule has 0 saturated carbocycles. The lowest BCUT2D eigenvalue weighted by atomic mass is 9.99. The van der Waals surface area contributed by atoms with Gasteiger partial charge in [0.15, 0.2) is 0 Å². The molecule has 1 rings (SSSR count). The average molecular weight is 138 g/mol. The van der Waals surface area contributed by atoms with Crippen LogP contribution in [0.15, 0.2) is 16.9 Å². The zero-order chi connectivity index (χ0) is 7.56. The van der Waals surface area contributed by atoms with Crippen molar-refractivity contribution < 1.29 is 0 Å². The minimum atomic E-state index is 0.566. The van der Waals surface area contributed by atoms with Gasteiger partial charge in [0.1, 0.15) is 0 Å². The van der Waals surface area contributed by atoms with Crippen LogP contribution in [-0.4, -0.2) is 18.3 Å². The van der Waals surface area contributed by atoms with Gasteiger partial charge in [0, 0.05) is 25.4 Å². The van der Waals surface area contributed by atoms with Gasteiger partial charge < -0.3 is 0 Å². The third-order valence-corrected chi connectivity index (χ3v) is 1.84. The lowest BCUT2D eigenvalue weighted by molar-refractivity contribution is 0.465. The van der Waals surface area contributed by atoms with Crippen molar-refractivity contribution in [3.63, 3.8) is 0 Å². The molecular formula is C8H14N2. The fourth-order valence-corrected chi connectivity index (χ4v) is 1.15. The summed E-state index contributed by atoms with van der Waals surface area (Å²) in [6.07, 6.45) is 5.24. The monoisotopic (exact) mass is 138 g/mol. The fraction of sp³-hybridized carbons (Fsp3) is 0.625. The summed E-state index contributed by atoms with van der Waals surface area (Å²) in [5, 5.41) is 6.01. The molecule has 0 bridgehead atoms. The van der Waals surface area contributed by atoms with E-state index in [0.717, 1.165) is 6.42 Å². The second-order valence-electron chi connectivity index (χ2n) is 2.73. The Morgan fingerprint density at radius 2 is 2.40 bits per heavy atom. The fourth-order valence-electron chi connectivity index (χ4n) is 1.15. The molecule has 0 aromatic heterocycles. The second-order valence-corrected chi connectivity index (χ2v) is 2.73. The van der Waals surface area contributed by atoms with E-state index in [2.05, 4.69) is 25.1 Å². The van der Waals surface area contributed by atoms with Gasteiger partial charge >= 0.3 is 0 Å². The summed E-state index contributed by atoms with van der Waals surface area (Å²) in [5.74, 6) is 0.566. The van der Waals surface area contributed by atoms with Gasteiger partial charge in [-0.25, -0.2) is 0 Å². The molecule has 0 amide bonds. The van der Waals surface area contributed by atoms with Crippen LogP contribution in [0.2, 0.25) is 0 Å². The molecule has 0 aromatic rings. The summed E-state index contributed by atoms with van der Waals surface area (Å²) in [4.78, 5) is 0. The highest BCUT2D eigenvalue weighted by atomic mass is 15.4. The topological polar surface area (TPSA) is 15.6 Å². The van der Waals surface area contributed by atoms with Crippen molar-refractivity contribution in [3.05, 3.63) is 11.8 Å². The van der Waals surface area contributed by atoms with Gasteiger partial charge in [-0.05, 0) is 18.9 Å². The number of allylic oxidation sites excluding steroid dienone is 1. The number of hydrogen-bond donors (Lipinski definition) is 0. The molecule has 10 heavy (non-hydrogen) atoms. The van der Waals surface area contributed by atoms with Crippen LogP contribution in [0, 0.1) is 5.92 Å². The number of hydrogen-bond acceptors (Lipinski definition) is 2. The smallest absolute Gasteiger partial charge is 0.0320 e. The summed E-state index contributed by atoms with van der Waals surface area (Å²) < 4.78 is 0. The molecule has 1 heterocycles. The van der Waals surface area contributed by atoms with Crippen LogP contribution in [0.25, 0.3) is 0 Å². The molecule has 0 spiro atoms. The van der Waals surface area contributed by atoms with Crippen molar-refractivity contribution in [2.24, 2.45) is 11.0 Å². The van der Waals surface area contributed by atoms with Gasteiger partial charge in [0.25, 0.3) is 0 Å². The Morgan fingerprint density at radius 1 is 1.70 bits per heavy atom. The van der Waals surface area contributed by atoms with Gasteiger partial charge in [-0.15, -0.1) is 0 Å². The van der Waals surface area contributed by atoms with Gasteiger partial charge in [-0.3, -0.25) is 5.01 Å². The standard InChI is InChI=1S/C8H14N2/c1-4-8-5-9-10(3)6-7(8)2/h5-6,8H,4H2,1-3H3. The van der Waals surface area contributed by atoms with Crippen molar-refractivity contribution in [1.29, 1.82) is 0 Å². The predicted molar refractivity (Wildman–Crippen MR) is 43.8 cm³/mol. The second kappa shape index (κ2) is 2.86. The molecule has 2 heteroatoms. The quantitative estimate of drug-likeness (QED) is 0.540. The van der Waals surface area contributed by atoms with E-state index in [-0.39, 0.29) is 0 Å². The number of rotatable bonds is 1. The molecule has 1 unspecified atom stereocenters. The van der Waals surface area contributed by atoms with E-state index in [0.29, 0.717) is 5.92 Å². The number of hydrazone groups is 1. The van der Waals surface area contributed by atoms with Crippen LogP contribution in [-0.2, 0) is 0 Å². The molecule has 1 aliphatic rings. The maximum atomic E-state index is 4.16. The zero-order valence-electron chi connectivity index (χ0n) is 6.83. The maximum absolute atomic E-state index is 4.16. The summed E-state index contributed by atoms with van der Waals surface area (Å²) in [7, 11) is 1.95. The molecule has 0 N–H and O–H groups in total. The first-order valence-electron chi connectivity index (χ1n) is 3.69. The van der Waals surface area contributed by atoms with Crippen LogP contribution in [0.4, 0.5) is 0 Å². The van der Waals surface area contributed by atoms with Crippen molar-refractivity contribution in [3.8, 4) is 0 Å². The average Bonchev–Trinajstić information content (AvgIpc) is 1.88. The van der Waals surface area contributed by atoms with Crippen LogP contribution in [0.1, 0.15) is 20.3 Å². The molecule has 56 valence electrons. The molecular weight excluding hydrogens is 124 g/mol. The lowest BCUT2D eigenvalue weighted by Crippen LogP contribution is -2.15. The lowest BCUT2D eigenvalue weighted by Gasteiger charge is -2.19. The molecule has 0 aliphatic carbocycles. The van der Waals surface area contributed by atoms with Crippen molar-refractivity contribution >= 4 is 6.21 Å². The maximum Gasteiger partial charge on any atom is 0.0320 e. The highest BCUT2D eigenvalue weighted by molar-refractivity contribution is 5.65. The number of nitrogens with zero attached hydrogens (tertiary/aromatic N) is 2. The van der Waals surface area contributed by atoms with E-state index in [9.17, 15) is 0 Å². The van der Waals surface area contributed by atoms with Gasteiger partial charge in [-0.1, -0.05) is 6.92 Å². The van der Waals surface area contributed by atoms with Gasteiger partial charge in [0.2, 0.25) is 0 Å². The van der Waals surface area contributed by atoms with Gasteiger partial charge in [-0.2, -0.15) is 5.10 Å². The van der Waals surface area contributed by atoms with Crippen LogP contribution in [0.5, 0.6) is 0 Å². The summed E-state index contributed by atoms with van der Waals surface area (Å²) in [6, 6.07) is 0. The highest BCUT2D eigenvalue weighted by Crippen LogP contribution is 2.16. The van der Waals surface area contributed by atoms with Gasteiger partial charge in [0.05, 0.1) is 0 Å². The minimum Gasteiger partial charge on any atom is -0.276 e. The normalized spacial score (nSPS) is 24.9. The van der Waals surface area contributed by atoms with E-state index >= 15 is 0 Å². The Bertz CT molecular complexity index is 170. The molecule has 0 aromatic carbocycles. The Labute approximate surface area is 62.2 Å². The summed E-state index contributed by atoms with van der Waals surface area (Å²) in [5.41, 5.74) is 1.40. The van der Waals surface area contributed by atoms with Crippen LogP contribution < -0.4 is 0 Å². The van der Waals surface area contributed by atoms with Crippen molar-refractivity contribution in [2.45, 2.75) is 20.3 Å². The van der Waals surface area contributed by atoms with E-state index in [4.69, 9.17) is 0 Å². The van der Waals surface area contributed by atoms with Crippen LogP contribution >= 0.6 is 0 Å². The largest absolute Gasteiger partial charge is 0.276 e. The third kappa shape index (κ3) is 1.38. The zero-order valence-corrected chi connectivity index (χ0v) is 6.83. The first kappa shape index (κ1) is 7.32. The molecule has 0 radical (unpaired) electrons. The highest BCUT2D eigenvalue weighted by Gasteiger charge is 2.09.